The summed E-state index contributed by atoms with van der Waals surface area (Å²) in [7, 11) is 1.77. The maximum absolute atomic E-state index is 12.2. The lowest BCUT2D eigenvalue weighted by atomic mass is 10.1. The van der Waals surface area contributed by atoms with Gasteiger partial charge in [-0.3, -0.25) is 4.79 Å². The van der Waals surface area contributed by atoms with Gasteiger partial charge in [-0.25, -0.2) is 4.98 Å². The minimum Gasteiger partial charge on any atom is -0.372 e. The average molecular weight is 292 g/mol. The van der Waals surface area contributed by atoms with Gasteiger partial charge >= 0.3 is 0 Å². The molecule has 5 nitrogen and oxygen atoms in total. The van der Waals surface area contributed by atoms with Crippen LogP contribution in [0.2, 0.25) is 0 Å². The predicted octanol–water partition coefficient (Wildman–Crippen LogP) is 2.36. The first-order valence-electron chi connectivity index (χ1n) is 7.78. The molecule has 21 heavy (non-hydrogen) atoms. The lowest BCUT2D eigenvalue weighted by Crippen LogP contribution is -2.34. The quantitative estimate of drug-likeness (QED) is 0.733. The summed E-state index contributed by atoms with van der Waals surface area (Å²) in [5.41, 5.74) is 0.593. The van der Waals surface area contributed by atoms with Gasteiger partial charge in [-0.1, -0.05) is 13.8 Å². The van der Waals surface area contributed by atoms with Gasteiger partial charge < -0.3 is 15.5 Å². The van der Waals surface area contributed by atoms with E-state index < -0.39 is 0 Å². The third-order valence-electron chi connectivity index (χ3n) is 3.67. The molecular formula is C16H28N4O. The van der Waals surface area contributed by atoms with Crippen molar-refractivity contribution in [2.24, 2.45) is 0 Å². The molecule has 1 aromatic rings. The molecule has 1 rings (SSSR count). The van der Waals surface area contributed by atoms with E-state index in [0.717, 1.165) is 32.5 Å². The summed E-state index contributed by atoms with van der Waals surface area (Å²) in [6.07, 6.45) is 3.75. The van der Waals surface area contributed by atoms with Gasteiger partial charge in [0.1, 0.15) is 5.82 Å². The van der Waals surface area contributed by atoms with E-state index in [0.29, 0.717) is 11.4 Å². The van der Waals surface area contributed by atoms with E-state index in [9.17, 15) is 4.79 Å². The van der Waals surface area contributed by atoms with Crippen LogP contribution in [-0.2, 0) is 0 Å². The van der Waals surface area contributed by atoms with Crippen molar-refractivity contribution in [3.05, 3.63) is 23.9 Å². The summed E-state index contributed by atoms with van der Waals surface area (Å²) in [5.74, 6) is 0.549. The minimum absolute atomic E-state index is 0.0669. The van der Waals surface area contributed by atoms with Crippen LogP contribution in [0.1, 0.15) is 44.0 Å². The molecule has 0 bridgehead atoms. The van der Waals surface area contributed by atoms with Crippen molar-refractivity contribution in [3.8, 4) is 0 Å². The SMILES string of the molecule is CCN(CC)CCCC(C)NC(=O)c1cccnc1NC. The molecule has 1 aromatic heterocycles. The van der Waals surface area contributed by atoms with Crippen LogP contribution < -0.4 is 10.6 Å². The van der Waals surface area contributed by atoms with Gasteiger partial charge in [-0.15, -0.1) is 0 Å². The Balaban J connectivity index is 2.43. The third-order valence-corrected chi connectivity index (χ3v) is 3.67. The first-order valence-corrected chi connectivity index (χ1v) is 7.78. The fourth-order valence-electron chi connectivity index (χ4n) is 2.32. The predicted molar refractivity (Wildman–Crippen MR) is 87.7 cm³/mol. The zero-order chi connectivity index (χ0) is 15.7. The molecule has 0 saturated carbocycles. The summed E-state index contributed by atoms with van der Waals surface area (Å²) in [6, 6.07) is 3.73. The second kappa shape index (κ2) is 9.34. The van der Waals surface area contributed by atoms with Crippen LogP contribution in [-0.4, -0.2) is 48.5 Å². The van der Waals surface area contributed by atoms with Crippen LogP contribution in [0.4, 0.5) is 5.82 Å². The summed E-state index contributed by atoms with van der Waals surface area (Å²) >= 11 is 0. The first-order chi connectivity index (χ1) is 10.1. The normalized spacial score (nSPS) is 12.2. The summed E-state index contributed by atoms with van der Waals surface area (Å²) in [5, 5.41) is 5.99. The fourth-order valence-corrected chi connectivity index (χ4v) is 2.32. The van der Waals surface area contributed by atoms with Crippen LogP contribution in [0.3, 0.4) is 0 Å². The van der Waals surface area contributed by atoms with E-state index in [1.807, 2.05) is 0 Å². The van der Waals surface area contributed by atoms with Crippen molar-refractivity contribution in [1.29, 1.82) is 0 Å². The molecule has 0 aliphatic carbocycles. The largest absolute Gasteiger partial charge is 0.372 e. The third kappa shape index (κ3) is 5.71. The molecule has 1 heterocycles. The van der Waals surface area contributed by atoms with Crippen LogP contribution >= 0.6 is 0 Å². The Labute approximate surface area is 128 Å². The Hall–Kier alpha value is -1.62. The smallest absolute Gasteiger partial charge is 0.255 e. The zero-order valence-electron chi connectivity index (χ0n) is 13.6. The number of hydrogen-bond acceptors (Lipinski definition) is 4. The van der Waals surface area contributed by atoms with E-state index in [1.165, 1.54) is 0 Å². The van der Waals surface area contributed by atoms with Gasteiger partial charge in [0.05, 0.1) is 5.56 Å². The molecular weight excluding hydrogens is 264 g/mol. The highest BCUT2D eigenvalue weighted by atomic mass is 16.1. The summed E-state index contributed by atoms with van der Waals surface area (Å²) in [4.78, 5) is 18.8. The molecule has 5 heteroatoms. The van der Waals surface area contributed by atoms with Crippen LogP contribution in [0, 0.1) is 0 Å². The van der Waals surface area contributed by atoms with E-state index in [1.54, 1.807) is 25.4 Å². The number of rotatable bonds is 9. The van der Waals surface area contributed by atoms with Gasteiger partial charge in [0.25, 0.3) is 5.91 Å². The number of nitrogens with one attached hydrogen (secondary N) is 2. The molecule has 0 saturated heterocycles. The Morgan fingerprint density at radius 1 is 1.38 bits per heavy atom. The minimum atomic E-state index is -0.0669. The van der Waals surface area contributed by atoms with Crippen molar-refractivity contribution in [2.45, 2.75) is 39.7 Å². The molecule has 118 valence electrons. The van der Waals surface area contributed by atoms with Gasteiger partial charge in [-0.05, 0) is 51.5 Å². The maximum Gasteiger partial charge on any atom is 0.255 e. The van der Waals surface area contributed by atoms with Crippen molar-refractivity contribution < 1.29 is 4.79 Å². The zero-order valence-corrected chi connectivity index (χ0v) is 13.6. The Morgan fingerprint density at radius 2 is 2.10 bits per heavy atom. The molecule has 2 N–H and O–H groups in total. The highest BCUT2D eigenvalue weighted by Crippen LogP contribution is 2.11. The number of pyridine rings is 1. The monoisotopic (exact) mass is 292 g/mol. The highest BCUT2D eigenvalue weighted by Gasteiger charge is 2.13. The number of nitrogens with zero attached hydrogens (tertiary/aromatic N) is 2. The van der Waals surface area contributed by atoms with Crippen LogP contribution in [0.5, 0.6) is 0 Å². The summed E-state index contributed by atoms with van der Waals surface area (Å²) < 4.78 is 0. The topological polar surface area (TPSA) is 57.3 Å². The molecule has 1 amide bonds. The lowest BCUT2D eigenvalue weighted by molar-refractivity contribution is 0.0938. The van der Waals surface area contributed by atoms with Crippen molar-refractivity contribution in [3.63, 3.8) is 0 Å². The van der Waals surface area contributed by atoms with Gasteiger partial charge in [0, 0.05) is 19.3 Å². The van der Waals surface area contributed by atoms with Gasteiger partial charge in [0.15, 0.2) is 0 Å². The van der Waals surface area contributed by atoms with Gasteiger partial charge in [-0.2, -0.15) is 0 Å². The lowest BCUT2D eigenvalue weighted by Gasteiger charge is -2.20. The van der Waals surface area contributed by atoms with E-state index in [4.69, 9.17) is 0 Å². The number of hydrogen-bond donors (Lipinski definition) is 2. The van der Waals surface area contributed by atoms with E-state index in [2.05, 4.69) is 41.3 Å². The Morgan fingerprint density at radius 3 is 2.71 bits per heavy atom. The number of amides is 1. The van der Waals surface area contributed by atoms with Crippen molar-refractivity contribution in [1.82, 2.24) is 15.2 Å². The van der Waals surface area contributed by atoms with Gasteiger partial charge in [0.2, 0.25) is 0 Å². The molecule has 0 aliphatic heterocycles. The van der Waals surface area contributed by atoms with E-state index >= 15 is 0 Å². The maximum atomic E-state index is 12.2. The molecule has 0 aromatic carbocycles. The second-order valence-corrected chi connectivity index (χ2v) is 5.19. The fraction of sp³-hybridized carbons (Fsp3) is 0.625. The molecule has 0 fully saturated rings. The van der Waals surface area contributed by atoms with Crippen molar-refractivity contribution >= 4 is 11.7 Å². The molecule has 0 aliphatic rings. The number of carbonyl (C=O) groups is 1. The highest BCUT2D eigenvalue weighted by molar-refractivity contribution is 5.98. The van der Waals surface area contributed by atoms with Crippen LogP contribution in [0.25, 0.3) is 0 Å². The van der Waals surface area contributed by atoms with Crippen molar-refractivity contribution in [2.75, 3.05) is 32.0 Å². The van der Waals surface area contributed by atoms with Crippen LogP contribution in [0.15, 0.2) is 18.3 Å². The number of carbonyl (C=O) groups excluding carboxylic acids is 1. The molecule has 1 atom stereocenters. The molecule has 1 unspecified atom stereocenters. The first kappa shape index (κ1) is 17.4. The Bertz CT molecular complexity index is 432. The number of anilines is 1. The Kier molecular flexibility index (Phi) is 7.75. The molecule has 0 radical (unpaired) electrons. The van der Waals surface area contributed by atoms with E-state index in [-0.39, 0.29) is 11.9 Å². The summed E-state index contributed by atoms with van der Waals surface area (Å²) in [6.45, 7) is 9.65. The average Bonchev–Trinajstić information content (AvgIpc) is 2.51. The molecule has 0 spiro atoms. The number of aromatic nitrogens is 1. The second-order valence-electron chi connectivity index (χ2n) is 5.19. The standard InChI is InChI=1S/C16H28N4O/c1-5-20(6-2)12-8-9-13(3)19-16(21)14-10-7-11-18-15(14)17-4/h7,10-11,13H,5-6,8-9,12H2,1-4H3,(H,17,18)(H,19,21).